The average molecular weight is 287 g/mol. The second-order valence-corrected chi connectivity index (χ2v) is 4.49. The highest BCUT2D eigenvalue weighted by Crippen LogP contribution is 2.24. The summed E-state index contributed by atoms with van der Waals surface area (Å²) in [6.45, 7) is -1.55. The Bertz CT molecular complexity index is 504. The molecular formula is C12H12F3N3O2. The summed E-state index contributed by atoms with van der Waals surface area (Å²) >= 11 is 0. The Balaban J connectivity index is 1.94. The lowest BCUT2D eigenvalue weighted by molar-refractivity contribution is -0.157. The summed E-state index contributed by atoms with van der Waals surface area (Å²) in [5.74, 6) is -1.64. The molecule has 2 rings (SSSR count). The van der Waals surface area contributed by atoms with Gasteiger partial charge in [0.1, 0.15) is 12.4 Å². The minimum Gasteiger partial charge on any atom is -0.333 e. The van der Waals surface area contributed by atoms with Crippen molar-refractivity contribution in [2.75, 3.05) is 18.4 Å². The zero-order valence-corrected chi connectivity index (χ0v) is 10.4. The Morgan fingerprint density at radius 2 is 2.20 bits per heavy atom. The van der Waals surface area contributed by atoms with Crippen LogP contribution in [0.15, 0.2) is 24.4 Å². The molecule has 0 aromatic carbocycles. The minimum atomic E-state index is -4.46. The molecule has 1 aliphatic heterocycles. The van der Waals surface area contributed by atoms with Crippen LogP contribution in [0.5, 0.6) is 0 Å². The Kier molecular flexibility index (Phi) is 3.91. The highest BCUT2D eigenvalue weighted by Gasteiger charge is 2.40. The zero-order chi connectivity index (χ0) is 14.8. The maximum atomic E-state index is 12.3. The number of likely N-dealkylation sites (tertiary alicyclic amines) is 1. The van der Waals surface area contributed by atoms with Crippen LogP contribution < -0.4 is 5.32 Å². The third-order valence-electron chi connectivity index (χ3n) is 2.87. The summed E-state index contributed by atoms with van der Waals surface area (Å²) in [5, 5.41) is 2.48. The summed E-state index contributed by atoms with van der Waals surface area (Å²) in [6.07, 6.45) is -3.19. The fourth-order valence-electron chi connectivity index (χ4n) is 1.98. The molecule has 0 spiro atoms. The predicted octanol–water partition coefficient (Wildman–Crippen LogP) is 1.43. The summed E-state index contributed by atoms with van der Waals surface area (Å²) in [4.78, 5) is 27.8. The molecule has 108 valence electrons. The number of amides is 2. The van der Waals surface area contributed by atoms with Gasteiger partial charge in [0, 0.05) is 19.2 Å². The van der Waals surface area contributed by atoms with Crippen molar-refractivity contribution in [1.82, 2.24) is 9.88 Å². The van der Waals surface area contributed by atoms with Crippen LogP contribution in [0.2, 0.25) is 0 Å². The average Bonchev–Trinajstić information content (AvgIpc) is 2.70. The van der Waals surface area contributed by atoms with Crippen molar-refractivity contribution in [2.45, 2.75) is 12.6 Å². The summed E-state index contributed by atoms with van der Waals surface area (Å²) in [7, 11) is 0. The van der Waals surface area contributed by atoms with Crippen molar-refractivity contribution in [3.05, 3.63) is 24.4 Å². The van der Waals surface area contributed by atoms with Gasteiger partial charge in [0.05, 0.1) is 5.92 Å². The van der Waals surface area contributed by atoms with E-state index in [1.165, 1.54) is 6.20 Å². The molecule has 1 saturated heterocycles. The van der Waals surface area contributed by atoms with Crippen LogP contribution in [0.1, 0.15) is 6.42 Å². The smallest absolute Gasteiger partial charge is 0.333 e. The summed E-state index contributed by atoms with van der Waals surface area (Å²) < 4.78 is 36.8. The molecular weight excluding hydrogens is 275 g/mol. The van der Waals surface area contributed by atoms with Crippen LogP contribution >= 0.6 is 0 Å². The first-order valence-electron chi connectivity index (χ1n) is 5.91. The van der Waals surface area contributed by atoms with Gasteiger partial charge in [-0.05, 0) is 12.1 Å². The number of carbonyl (C=O) groups excluding carboxylic acids is 2. The number of nitrogens with zero attached hydrogens (tertiary/aromatic N) is 2. The van der Waals surface area contributed by atoms with E-state index in [1.807, 2.05) is 0 Å². The van der Waals surface area contributed by atoms with E-state index in [0.717, 1.165) is 0 Å². The van der Waals surface area contributed by atoms with Gasteiger partial charge in [-0.3, -0.25) is 9.59 Å². The topological polar surface area (TPSA) is 62.3 Å². The number of alkyl halides is 3. The first kappa shape index (κ1) is 14.3. The number of carbonyl (C=O) groups is 2. The molecule has 1 aromatic heterocycles. The Hall–Kier alpha value is -2.12. The van der Waals surface area contributed by atoms with Crippen LogP contribution in [-0.2, 0) is 9.59 Å². The number of pyridine rings is 1. The van der Waals surface area contributed by atoms with E-state index < -0.39 is 30.5 Å². The molecule has 0 unspecified atom stereocenters. The largest absolute Gasteiger partial charge is 0.406 e. The number of aromatic nitrogens is 1. The fourth-order valence-corrected chi connectivity index (χ4v) is 1.98. The van der Waals surface area contributed by atoms with Gasteiger partial charge in [-0.1, -0.05) is 6.07 Å². The molecule has 1 atom stereocenters. The highest BCUT2D eigenvalue weighted by molar-refractivity contribution is 5.96. The van der Waals surface area contributed by atoms with Crippen molar-refractivity contribution in [3.8, 4) is 0 Å². The molecule has 20 heavy (non-hydrogen) atoms. The molecule has 1 N–H and O–H groups in total. The first-order valence-corrected chi connectivity index (χ1v) is 5.91. The quantitative estimate of drug-likeness (QED) is 0.914. The molecule has 2 amide bonds. The maximum Gasteiger partial charge on any atom is 0.406 e. The normalized spacial score (nSPS) is 19.2. The number of halogens is 3. The second-order valence-electron chi connectivity index (χ2n) is 4.49. The van der Waals surface area contributed by atoms with Gasteiger partial charge in [-0.15, -0.1) is 0 Å². The molecule has 8 heteroatoms. The Morgan fingerprint density at radius 1 is 1.45 bits per heavy atom. The molecule has 1 aromatic rings. The first-order chi connectivity index (χ1) is 9.35. The van der Waals surface area contributed by atoms with E-state index in [9.17, 15) is 22.8 Å². The maximum absolute atomic E-state index is 12.3. The van der Waals surface area contributed by atoms with E-state index in [-0.39, 0.29) is 13.0 Å². The third-order valence-corrected chi connectivity index (χ3v) is 2.87. The van der Waals surface area contributed by atoms with Gasteiger partial charge in [0.25, 0.3) is 0 Å². The van der Waals surface area contributed by atoms with Gasteiger partial charge >= 0.3 is 6.18 Å². The molecule has 1 aliphatic rings. The number of anilines is 1. The van der Waals surface area contributed by atoms with Gasteiger partial charge in [0.15, 0.2) is 0 Å². The van der Waals surface area contributed by atoms with E-state index in [1.54, 1.807) is 18.2 Å². The predicted molar refractivity (Wildman–Crippen MR) is 63.6 cm³/mol. The highest BCUT2D eigenvalue weighted by atomic mass is 19.4. The molecule has 0 bridgehead atoms. The van der Waals surface area contributed by atoms with Crippen LogP contribution in [0.25, 0.3) is 0 Å². The van der Waals surface area contributed by atoms with Gasteiger partial charge in [-0.2, -0.15) is 13.2 Å². The number of nitrogens with one attached hydrogen (secondary N) is 1. The Morgan fingerprint density at radius 3 is 2.80 bits per heavy atom. The summed E-state index contributed by atoms with van der Waals surface area (Å²) in [5.41, 5.74) is 0. The standard InChI is InChI=1S/C12H12F3N3O2/c13-12(14,15)7-18-6-8(5-10(18)19)11(20)17-9-3-1-2-4-16-9/h1-4,8H,5-7H2,(H,16,17,20)/t8-/m0/s1. The zero-order valence-electron chi connectivity index (χ0n) is 10.4. The second kappa shape index (κ2) is 5.48. The van der Waals surface area contributed by atoms with Crippen LogP contribution in [0, 0.1) is 5.92 Å². The lowest BCUT2D eigenvalue weighted by Crippen LogP contribution is -2.36. The molecule has 0 radical (unpaired) electrons. The van der Waals surface area contributed by atoms with E-state index in [0.29, 0.717) is 10.7 Å². The molecule has 1 fully saturated rings. The van der Waals surface area contributed by atoms with Crippen molar-refractivity contribution < 1.29 is 22.8 Å². The molecule has 0 saturated carbocycles. The van der Waals surface area contributed by atoms with Gasteiger partial charge in [-0.25, -0.2) is 4.98 Å². The minimum absolute atomic E-state index is 0.214. The van der Waals surface area contributed by atoms with Gasteiger partial charge < -0.3 is 10.2 Å². The monoisotopic (exact) mass is 287 g/mol. The lowest BCUT2D eigenvalue weighted by atomic mass is 10.1. The van der Waals surface area contributed by atoms with Crippen molar-refractivity contribution in [2.24, 2.45) is 5.92 Å². The molecule has 5 nitrogen and oxygen atoms in total. The fraction of sp³-hybridized carbons (Fsp3) is 0.417. The van der Waals surface area contributed by atoms with Crippen molar-refractivity contribution in [3.63, 3.8) is 0 Å². The van der Waals surface area contributed by atoms with Crippen molar-refractivity contribution in [1.29, 1.82) is 0 Å². The molecule has 2 heterocycles. The van der Waals surface area contributed by atoms with Crippen LogP contribution in [-0.4, -0.2) is 41.0 Å². The third kappa shape index (κ3) is 3.69. The van der Waals surface area contributed by atoms with E-state index in [2.05, 4.69) is 10.3 Å². The summed E-state index contributed by atoms with van der Waals surface area (Å²) in [6, 6.07) is 4.89. The van der Waals surface area contributed by atoms with Crippen molar-refractivity contribution >= 4 is 17.6 Å². The van der Waals surface area contributed by atoms with E-state index >= 15 is 0 Å². The van der Waals surface area contributed by atoms with Crippen LogP contribution in [0.3, 0.4) is 0 Å². The number of rotatable bonds is 3. The van der Waals surface area contributed by atoms with Gasteiger partial charge in [0.2, 0.25) is 11.8 Å². The molecule has 0 aliphatic carbocycles. The Labute approximate surface area is 112 Å². The lowest BCUT2D eigenvalue weighted by Gasteiger charge is -2.18. The number of hydrogen-bond donors (Lipinski definition) is 1. The SMILES string of the molecule is O=C(Nc1ccccn1)[C@H]1CC(=O)N(CC(F)(F)F)C1. The van der Waals surface area contributed by atoms with Crippen LogP contribution in [0.4, 0.5) is 19.0 Å². The number of hydrogen-bond acceptors (Lipinski definition) is 3. The van der Waals surface area contributed by atoms with E-state index in [4.69, 9.17) is 0 Å².